The van der Waals surface area contributed by atoms with Gasteiger partial charge in [-0.25, -0.2) is 0 Å². The van der Waals surface area contributed by atoms with Crippen LogP contribution in [0.15, 0.2) is 24.3 Å². The lowest BCUT2D eigenvalue weighted by molar-refractivity contribution is -0.129. The molecule has 0 spiro atoms. The van der Waals surface area contributed by atoms with Crippen LogP contribution in [0.25, 0.3) is 0 Å². The largest absolute Gasteiger partial charge is 0.355 e. The number of nitrogens with one attached hydrogen (secondary N) is 1. The molecule has 0 unspecified atom stereocenters. The smallest absolute Gasteiger partial charge is 0.232 e. The topological polar surface area (TPSA) is 49.4 Å². The van der Waals surface area contributed by atoms with Gasteiger partial charge in [0.1, 0.15) is 0 Å². The van der Waals surface area contributed by atoms with Crippen LogP contribution >= 0.6 is 11.6 Å². The summed E-state index contributed by atoms with van der Waals surface area (Å²) in [5.74, 6) is 0.130. The van der Waals surface area contributed by atoms with Gasteiger partial charge in [0.05, 0.1) is 5.41 Å². The first-order valence-corrected chi connectivity index (χ1v) is 8.93. The molecule has 3 rings (SSSR count). The van der Waals surface area contributed by atoms with Gasteiger partial charge in [0.2, 0.25) is 11.8 Å². The first-order valence-electron chi connectivity index (χ1n) is 8.56. The van der Waals surface area contributed by atoms with Crippen molar-refractivity contribution >= 4 is 23.4 Å². The Kier molecular flexibility index (Phi) is 4.37. The summed E-state index contributed by atoms with van der Waals surface area (Å²) in [5.41, 5.74) is 0.0898. The Balaban J connectivity index is 1.95. The molecule has 2 aliphatic rings. The minimum absolute atomic E-state index is 0.00190. The summed E-state index contributed by atoms with van der Waals surface area (Å²) in [6.45, 7) is 7.29. The fourth-order valence-corrected chi connectivity index (χ4v) is 4.14. The van der Waals surface area contributed by atoms with Crippen LogP contribution < -0.4 is 5.32 Å². The van der Waals surface area contributed by atoms with Gasteiger partial charge in [-0.3, -0.25) is 9.59 Å². The van der Waals surface area contributed by atoms with Crippen molar-refractivity contribution in [2.24, 2.45) is 5.41 Å². The van der Waals surface area contributed by atoms with Crippen molar-refractivity contribution in [3.63, 3.8) is 0 Å². The molecule has 5 heteroatoms. The number of hydrogen-bond acceptors (Lipinski definition) is 2. The molecule has 0 aliphatic carbocycles. The minimum Gasteiger partial charge on any atom is -0.355 e. The highest BCUT2D eigenvalue weighted by molar-refractivity contribution is 6.31. The summed E-state index contributed by atoms with van der Waals surface area (Å²) in [4.78, 5) is 27.2. The summed E-state index contributed by atoms with van der Waals surface area (Å²) in [7, 11) is 0. The third-order valence-electron chi connectivity index (χ3n) is 5.08. The van der Waals surface area contributed by atoms with Crippen LogP contribution in [0, 0.1) is 5.41 Å². The lowest BCUT2D eigenvalue weighted by Crippen LogP contribution is -2.49. The van der Waals surface area contributed by atoms with E-state index in [0.29, 0.717) is 31.0 Å². The zero-order chi connectivity index (χ0) is 17.5. The third-order valence-corrected chi connectivity index (χ3v) is 5.41. The fourth-order valence-electron chi connectivity index (χ4n) is 3.83. The molecule has 2 aliphatic heterocycles. The SMILES string of the molecule is CC(C)(C)CNC(=O)[C@@]1(c2ccccc2Cl)C[C@@H]2CCC(=O)N2C1. The molecular weight excluding hydrogens is 324 g/mol. The summed E-state index contributed by atoms with van der Waals surface area (Å²) in [6.07, 6.45) is 2.07. The van der Waals surface area contributed by atoms with E-state index >= 15 is 0 Å². The number of carbonyl (C=O) groups excluding carboxylic acids is 2. The highest BCUT2D eigenvalue weighted by Crippen LogP contribution is 2.45. The van der Waals surface area contributed by atoms with Crippen LogP contribution in [0.1, 0.15) is 45.6 Å². The molecule has 0 aromatic heterocycles. The molecule has 2 fully saturated rings. The molecule has 0 saturated carbocycles. The van der Waals surface area contributed by atoms with Crippen molar-refractivity contribution in [1.82, 2.24) is 10.2 Å². The van der Waals surface area contributed by atoms with E-state index < -0.39 is 5.41 Å². The van der Waals surface area contributed by atoms with Crippen molar-refractivity contribution < 1.29 is 9.59 Å². The van der Waals surface area contributed by atoms with Gasteiger partial charge in [0, 0.05) is 30.6 Å². The molecule has 4 nitrogen and oxygen atoms in total. The van der Waals surface area contributed by atoms with E-state index in [9.17, 15) is 9.59 Å². The highest BCUT2D eigenvalue weighted by Gasteiger charge is 2.54. The quantitative estimate of drug-likeness (QED) is 0.912. The van der Waals surface area contributed by atoms with E-state index in [2.05, 4.69) is 26.1 Å². The Morgan fingerprint density at radius 2 is 2.08 bits per heavy atom. The second kappa shape index (κ2) is 6.07. The standard InChI is InChI=1S/C19H25ClN2O2/c1-18(2,3)11-21-17(24)19(14-6-4-5-7-15(14)20)10-13-8-9-16(23)22(13)12-19/h4-7,13H,8-12H2,1-3H3,(H,21,24)/t13-,19-/m0/s1. The Bertz CT molecular complexity index is 668. The minimum atomic E-state index is -0.746. The van der Waals surface area contributed by atoms with Gasteiger partial charge in [-0.15, -0.1) is 0 Å². The average Bonchev–Trinajstić information content (AvgIpc) is 3.05. The van der Waals surface area contributed by atoms with E-state index in [-0.39, 0.29) is 23.3 Å². The van der Waals surface area contributed by atoms with Crippen molar-refractivity contribution in [3.05, 3.63) is 34.9 Å². The van der Waals surface area contributed by atoms with Crippen LogP contribution in [-0.2, 0) is 15.0 Å². The second-order valence-corrected chi connectivity index (χ2v) is 8.63. The molecule has 2 amide bonds. The molecule has 2 heterocycles. The predicted octanol–water partition coefficient (Wildman–Crippen LogP) is 3.13. The normalized spacial score (nSPS) is 26.6. The van der Waals surface area contributed by atoms with Crippen molar-refractivity contribution in [1.29, 1.82) is 0 Å². The van der Waals surface area contributed by atoms with Crippen LogP contribution in [-0.4, -0.2) is 35.8 Å². The van der Waals surface area contributed by atoms with Gasteiger partial charge in [0.15, 0.2) is 0 Å². The van der Waals surface area contributed by atoms with E-state index in [1.807, 2.05) is 29.2 Å². The molecule has 1 aromatic carbocycles. The zero-order valence-electron chi connectivity index (χ0n) is 14.6. The second-order valence-electron chi connectivity index (χ2n) is 8.22. The van der Waals surface area contributed by atoms with Crippen molar-refractivity contribution in [2.75, 3.05) is 13.1 Å². The molecule has 2 saturated heterocycles. The molecule has 2 atom stereocenters. The maximum absolute atomic E-state index is 13.2. The Labute approximate surface area is 148 Å². The maximum atomic E-state index is 13.2. The molecule has 24 heavy (non-hydrogen) atoms. The maximum Gasteiger partial charge on any atom is 0.232 e. The lowest BCUT2D eigenvalue weighted by atomic mass is 9.76. The number of rotatable bonds is 3. The van der Waals surface area contributed by atoms with E-state index in [4.69, 9.17) is 11.6 Å². The van der Waals surface area contributed by atoms with Gasteiger partial charge in [-0.2, -0.15) is 0 Å². The molecule has 1 N–H and O–H groups in total. The highest BCUT2D eigenvalue weighted by atomic mass is 35.5. The first kappa shape index (κ1) is 17.3. The van der Waals surface area contributed by atoms with Gasteiger partial charge >= 0.3 is 0 Å². The van der Waals surface area contributed by atoms with Gasteiger partial charge < -0.3 is 10.2 Å². The summed E-state index contributed by atoms with van der Waals surface area (Å²) >= 11 is 6.44. The van der Waals surface area contributed by atoms with Gasteiger partial charge in [-0.05, 0) is 29.9 Å². The van der Waals surface area contributed by atoms with E-state index in [1.54, 1.807) is 0 Å². The molecule has 130 valence electrons. The van der Waals surface area contributed by atoms with Crippen LogP contribution in [0.5, 0.6) is 0 Å². The molecule has 1 aromatic rings. The summed E-state index contributed by atoms with van der Waals surface area (Å²) in [5, 5.41) is 3.69. The number of benzene rings is 1. The summed E-state index contributed by atoms with van der Waals surface area (Å²) in [6, 6.07) is 7.67. The van der Waals surface area contributed by atoms with E-state index in [0.717, 1.165) is 12.0 Å². The van der Waals surface area contributed by atoms with Crippen molar-refractivity contribution in [2.45, 2.75) is 51.5 Å². The number of nitrogens with zero attached hydrogens (tertiary/aromatic N) is 1. The number of halogens is 1. The van der Waals surface area contributed by atoms with Crippen LogP contribution in [0.3, 0.4) is 0 Å². The number of fused-ring (bicyclic) bond motifs is 1. The number of amides is 2. The van der Waals surface area contributed by atoms with Crippen LogP contribution in [0.2, 0.25) is 5.02 Å². The number of carbonyl (C=O) groups is 2. The van der Waals surface area contributed by atoms with Crippen LogP contribution in [0.4, 0.5) is 0 Å². The lowest BCUT2D eigenvalue weighted by Gasteiger charge is -2.31. The fraction of sp³-hybridized carbons (Fsp3) is 0.579. The molecule has 0 bridgehead atoms. The first-order chi connectivity index (χ1) is 11.2. The monoisotopic (exact) mass is 348 g/mol. The van der Waals surface area contributed by atoms with Gasteiger partial charge in [0.25, 0.3) is 0 Å². The zero-order valence-corrected chi connectivity index (χ0v) is 15.3. The third kappa shape index (κ3) is 3.04. The Morgan fingerprint density at radius 1 is 1.38 bits per heavy atom. The molecule has 0 radical (unpaired) electrons. The Hall–Kier alpha value is -1.55. The number of hydrogen-bond donors (Lipinski definition) is 1. The van der Waals surface area contributed by atoms with E-state index in [1.165, 1.54) is 0 Å². The van der Waals surface area contributed by atoms with Crippen molar-refractivity contribution in [3.8, 4) is 0 Å². The van der Waals surface area contributed by atoms with Gasteiger partial charge in [-0.1, -0.05) is 50.6 Å². The average molecular weight is 349 g/mol. The predicted molar refractivity (Wildman–Crippen MR) is 94.9 cm³/mol. The summed E-state index contributed by atoms with van der Waals surface area (Å²) < 4.78 is 0. The molecular formula is C19H25ClN2O2. The Morgan fingerprint density at radius 3 is 2.71 bits per heavy atom.